The van der Waals surface area contributed by atoms with Crippen molar-refractivity contribution in [3.63, 3.8) is 0 Å². The zero-order chi connectivity index (χ0) is 103. The fourth-order valence-corrected chi connectivity index (χ4v) is 14.5. The van der Waals surface area contributed by atoms with E-state index in [1.807, 2.05) is 44.6 Å². The average molecular weight is 2260 g/mol. The lowest BCUT2D eigenvalue weighted by molar-refractivity contribution is -0.154. The Kier molecular flexibility index (Phi) is 96.2. The minimum Gasteiger partial charge on any atom is -0.463 e. The van der Waals surface area contributed by atoms with Crippen molar-refractivity contribution >= 4 is 280 Å². The van der Waals surface area contributed by atoms with Crippen LogP contribution in [0.2, 0.25) is 0 Å². The summed E-state index contributed by atoms with van der Waals surface area (Å²) in [5, 5.41) is 18.4. The fraction of sp³-hybridized carbons (Fsp3) is 0.810. The highest BCUT2D eigenvalue weighted by atomic mass is 32.2. The lowest BCUT2D eigenvalue weighted by atomic mass is 9.92. The minimum atomic E-state index is -1.04. The molecule has 0 aromatic carbocycles. The predicted octanol–water partition coefficient (Wildman–Crippen LogP) is 3.39. The minimum absolute atomic E-state index is 0.0000964. The molecule has 38 nitrogen and oxygen atoms in total. The molecule has 0 spiro atoms. The second-order valence-electron chi connectivity index (χ2n) is 29.7. The third kappa shape index (κ3) is 81.5. The SMILES string of the molecule is CSC(=S)CCCN(CCC(=O)OCCOCC(COCCOC(=O)CCN(CCCC(=S)CS)C(=S)CS)(COCCOC(=O)CCN(CCNC(=S)SC)C(=S)CS)COCCOC(=O)CCN(CCNC(=S)SC)C(=S)CS)C(=S)SC.NCCNCCC(=O)OCCOCC(COCCOC(=O)CCNCCN)(COCCOC(=O)CCNCCN)COCCOC(=O)CCNCCN. The largest absolute Gasteiger partial charge is 0.463 e. The first-order valence-corrected chi connectivity index (χ1v) is 56.1. The highest BCUT2D eigenvalue weighted by molar-refractivity contribution is 8.23. The van der Waals surface area contributed by atoms with Gasteiger partial charge in [-0.15, -0.1) is 47.0 Å². The van der Waals surface area contributed by atoms with Gasteiger partial charge in [0, 0.05) is 176 Å². The zero-order valence-electron chi connectivity index (χ0n) is 80.4. The number of carbonyl (C=O) groups excluding carboxylic acids is 8. The smallest absolute Gasteiger partial charge is 0.307 e. The van der Waals surface area contributed by atoms with Crippen LogP contribution in [-0.2, 0) is 114 Å². The second-order valence-corrected chi connectivity index (χ2v) is 39.0. The number of nitrogens with zero attached hydrogens (tertiary/aromatic N) is 4. The summed E-state index contributed by atoms with van der Waals surface area (Å²) in [6.45, 7) is 11.2. The molecule has 0 aliphatic carbocycles. The van der Waals surface area contributed by atoms with Gasteiger partial charge in [-0.2, -0.15) is 50.5 Å². The van der Waals surface area contributed by atoms with E-state index in [0.717, 1.165) is 28.3 Å². The number of rotatable bonds is 90. The normalized spacial score (nSPS) is 11.2. The Balaban J connectivity index is 0. The quantitative estimate of drug-likeness (QED) is 0.0136. The van der Waals surface area contributed by atoms with Gasteiger partial charge in [0.1, 0.15) is 65.8 Å². The second kappa shape index (κ2) is 96.6. The number of thiocarbonyl (C=S) groups is 8. The van der Waals surface area contributed by atoms with Crippen molar-refractivity contribution in [3.8, 4) is 0 Å². The van der Waals surface area contributed by atoms with Crippen molar-refractivity contribution in [2.24, 2.45) is 33.8 Å². The number of hydrogen-bond acceptors (Lipinski definition) is 48. The number of thiol groups is 4. The van der Waals surface area contributed by atoms with Gasteiger partial charge in [0.2, 0.25) is 0 Å². The van der Waals surface area contributed by atoms with Crippen molar-refractivity contribution in [2.45, 2.75) is 77.0 Å². The Morgan fingerprint density at radius 2 is 0.514 bits per heavy atom. The Bertz CT molecular complexity index is 2930. The molecular weight excluding hydrogens is 2100 g/mol. The van der Waals surface area contributed by atoms with Gasteiger partial charge in [0.05, 0.1) is 183 Å². The predicted molar refractivity (Wildman–Crippen MR) is 595 cm³/mol. The molecule has 0 aromatic rings. The first-order valence-electron chi connectivity index (χ1n) is 45.4. The number of nitrogens with two attached hydrogens (primary N) is 4. The number of thioether (sulfide) groups is 4. The van der Waals surface area contributed by atoms with Crippen LogP contribution in [0.15, 0.2) is 0 Å². The van der Waals surface area contributed by atoms with E-state index in [2.05, 4.69) is 82.4 Å². The van der Waals surface area contributed by atoms with Crippen LogP contribution < -0.4 is 54.8 Å². The van der Waals surface area contributed by atoms with E-state index in [-0.39, 0.29) is 234 Å². The van der Waals surface area contributed by atoms with Crippen molar-refractivity contribution in [2.75, 3.05) is 351 Å². The Morgan fingerprint density at radius 3 is 0.746 bits per heavy atom. The molecule has 0 radical (unpaired) electrons. The van der Waals surface area contributed by atoms with Gasteiger partial charge < -0.3 is 150 Å². The van der Waals surface area contributed by atoms with Gasteiger partial charge >= 0.3 is 47.8 Å². The maximum absolute atomic E-state index is 13.0. The molecule has 138 heavy (non-hydrogen) atoms. The van der Waals surface area contributed by atoms with E-state index in [1.165, 1.54) is 35.3 Å². The zero-order valence-corrected chi connectivity index (χ0v) is 93.8. The lowest BCUT2D eigenvalue weighted by Gasteiger charge is -2.33. The van der Waals surface area contributed by atoms with E-state index in [9.17, 15) is 38.4 Å². The topological polar surface area (TPSA) is 473 Å². The summed E-state index contributed by atoms with van der Waals surface area (Å²) in [5.41, 5.74) is 19.8. The molecule has 0 amide bonds. The molecule has 0 fully saturated rings. The summed E-state index contributed by atoms with van der Waals surface area (Å²) >= 11 is 66.3. The van der Waals surface area contributed by atoms with Gasteiger partial charge in [-0.3, -0.25) is 38.4 Å². The van der Waals surface area contributed by atoms with Crippen molar-refractivity contribution in [3.05, 3.63) is 0 Å². The molecule has 0 aliphatic heterocycles. The molecule has 0 aromatic heterocycles. The maximum atomic E-state index is 13.0. The van der Waals surface area contributed by atoms with Gasteiger partial charge in [-0.1, -0.05) is 97.7 Å². The molecule has 0 saturated carbocycles. The van der Waals surface area contributed by atoms with Crippen LogP contribution in [-0.4, -0.2) is 455 Å². The van der Waals surface area contributed by atoms with Crippen LogP contribution in [0.5, 0.6) is 0 Å². The molecule has 0 heterocycles. The van der Waals surface area contributed by atoms with Crippen LogP contribution in [0.3, 0.4) is 0 Å². The van der Waals surface area contributed by atoms with Gasteiger partial charge in [0.15, 0.2) is 0 Å². The summed E-state index contributed by atoms with van der Waals surface area (Å²) in [4.78, 5) is 110. The lowest BCUT2D eigenvalue weighted by Crippen LogP contribution is -2.43. The number of esters is 8. The van der Waals surface area contributed by atoms with Gasteiger partial charge in [-0.05, 0) is 50.7 Å². The Morgan fingerprint density at radius 1 is 0.275 bits per heavy atom. The molecule has 0 aliphatic rings. The van der Waals surface area contributed by atoms with Gasteiger partial charge in [-0.25, -0.2) is 0 Å². The molecule has 14 N–H and O–H groups in total. The van der Waals surface area contributed by atoms with Crippen molar-refractivity contribution in [1.29, 1.82) is 0 Å². The first kappa shape index (κ1) is 137. The monoisotopic (exact) mass is 2250 g/mol. The Hall–Kier alpha value is -2.56. The van der Waals surface area contributed by atoms with Gasteiger partial charge in [0.25, 0.3) is 0 Å². The number of carbonyl (C=O) groups is 8. The summed E-state index contributed by atoms with van der Waals surface area (Å²) < 4.78 is 94.5. The third-order valence-electron chi connectivity index (χ3n) is 18.5. The fourth-order valence-electron chi connectivity index (χ4n) is 11.3. The maximum Gasteiger partial charge on any atom is 0.307 e. The first-order chi connectivity index (χ1) is 66.6. The van der Waals surface area contributed by atoms with Crippen molar-refractivity contribution < 1.29 is 114 Å². The summed E-state index contributed by atoms with van der Waals surface area (Å²) in [6.07, 6.45) is 11.8. The number of nitrogens with one attached hydrogen (secondary N) is 6. The number of ether oxygens (including phenoxy) is 16. The van der Waals surface area contributed by atoms with E-state index >= 15 is 0 Å². The Labute approximate surface area is 899 Å². The van der Waals surface area contributed by atoms with E-state index in [0.29, 0.717) is 201 Å². The highest BCUT2D eigenvalue weighted by Gasteiger charge is 2.35. The molecule has 0 saturated heterocycles. The molecule has 800 valence electrons. The standard InChI is InChI=1S/C51H86N6O12S16.C33H68N8O12/c1-82-47(78)8-6-16-57(50(81)85-4)20-12-46(61)69-30-26-65-38-51(35-62-23-27-66-43(58)9-17-54(40(75)32-71)15-5-7-39(74)31-70,36-63-24-28-67-44(59)10-18-55(41(76)33-72)21-13-52-48(79)83-2)37-64-25-29-68-45(60)11-19-56(42(77)34-73)22-14-53-49(80)84-3;34-5-13-38-9-1-29(42)50-21-17-46-25-33(26-47-18-22-51-30(43)2-10-39-14-6-35,27-48-19-23-52-31(44)3-11-40-15-7-36)28-49-20-24-53-32(45)4-12-41-16-8-37/h70-73H,5-38H2,1-4H3,(H,52,79)(H,53,80);38-41H,1-28,34-37H2. The van der Waals surface area contributed by atoms with Crippen LogP contribution in [0.25, 0.3) is 0 Å². The van der Waals surface area contributed by atoms with E-state index in [1.54, 1.807) is 11.8 Å². The third-order valence-corrected chi connectivity index (χ3v) is 27.2. The molecule has 0 unspecified atom stereocenters. The molecule has 0 rings (SSSR count). The summed E-state index contributed by atoms with van der Waals surface area (Å²) in [5.74, 6) is -1.70. The molecule has 0 atom stereocenters. The van der Waals surface area contributed by atoms with E-state index in [4.69, 9.17) is 196 Å². The summed E-state index contributed by atoms with van der Waals surface area (Å²) in [7, 11) is 0. The average Bonchev–Trinajstić information content (AvgIpc) is 0.869. The van der Waals surface area contributed by atoms with Crippen LogP contribution in [0, 0.1) is 10.8 Å². The van der Waals surface area contributed by atoms with Crippen molar-refractivity contribution in [1.82, 2.24) is 51.5 Å². The molecule has 0 bridgehead atoms. The van der Waals surface area contributed by atoms with Crippen LogP contribution in [0.1, 0.15) is 77.0 Å². The van der Waals surface area contributed by atoms with Crippen LogP contribution >= 0.6 is 195 Å². The van der Waals surface area contributed by atoms with E-state index < -0.39 is 34.7 Å². The summed E-state index contributed by atoms with van der Waals surface area (Å²) in [6, 6.07) is 0. The van der Waals surface area contributed by atoms with Crippen LogP contribution in [0.4, 0.5) is 0 Å². The highest BCUT2D eigenvalue weighted by Crippen LogP contribution is 2.24. The molecule has 54 heteroatoms. The molecular formula is C84H154N14O24S16. The number of hydrogen-bond donors (Lipinski definition) is 14.